The number of rotatable bonds is 11. The zero-order valence-corrected chi connectivity index (χ0v) is 19.0. The summed E-state index contributed by atoms with van der Waals surface area (Å²) in [6.45, 7) is 1.54. The highest BCUT2D eigenvalue weighted by Gasteiger charge is 2.64. The van der Waals surface area contributed by atoms with Crippen LogP contribution < -0.4 is 0 Å². The molecule has 30 heavy (non-hydrogen) atoms. The molecule has 2 aromatic rings. The van der Waals surface area contributed by atoms with Gasteiger partial charge in [-0.3, -0.25) is 19.5 Å². The first kappa shape index (κ1) is 24.3. The number of hydrogen-bond donors (Lipinski definition) is 0. The molecule has 0 aliphatic heterocycles. The van der Waals surface area contributed by atoms with Crippen LogP contribution in [0.3, 0.4) is 0 Å². The molecule has 0 fully saturated rings. The number of nitrogens with zero attached hydrogens (tertiary/aromatic N) is 1. The number of carbonyl (C=O) groups excluding carboxylic acids is 1. The zero-order chi connectivity index (χ0) is 22.4. The predicted octanol–water partition coefficient (Wildman–Crippen LogP) is 5.62. The molecule has 10 heteroatoms. The fraction of sp³-hybridized carbons (Fsp3) is 0.350. The number of ketones is 1. The van der Waals surface area contributed by atoms with Crippen LogP contribution in [-0.4, -0.2) is 35.9 Å². The molecule has 0 N–H and O–H groups in total. The maximum Gasteiger partial charge on any atom is 0.376 e. The van der Waals surface area contributed by atoms with Crippen molar-refractivity contribution in [1.29, 1.82) is 0 Å². The van der Waals surface area contributed by atoms with E-state index in [1.165, 1.54) is 50.2 Å². The normalized spacial score (nSPS) is 14.7. The smallest absolute Gasteiger partial charge is 0.306 e. The second-order valence-electron chi connectivity index (χ2n) is 6.32. The van der Waals surface area contributed by atoms with E-state index in [-0.39, 0.29) is 24.3 Å². The van der Waals surface area contributed by atoms with Crippen LogP contribution in [0.1, 0.15) is 35.7 Å². The van der Waals surface area contributed by atoms with Gasteiger partial charge in [0.2, 0.25) is 12.3 Å². The fourth-order valence-electron chi connectivity index (χ4n) is 3.12. The SMILES string of the molecule is CCOP(=O)(OCC)[C@@](F)(C(=O)c1ccc(Br)cc1)[C@H](C[N+](=O)[O-])c1ccccc1. The van der Waals surface area contributed by atoms with Gasteiger partial charge in [-0.1, -0.05) is 58.4 Å². The molecule has 0 bridgehead atoms. The number of alkyl halides is 1. The van der Waals surface area contributed by atoms with E-state index in [4.69, 9.17) is 9.05 Å². The lowest BCUT2D eigenvalue weighted by atomic mass is 9.89. The van der Waals surface area contributed by atoms with Gasteiger partial charge in [0.05, 0.1) is 13.2 Å². The Morgan fingerprint density at radius 1 is 1.13 bits per heavy atom. The average molecular weight is 502 g/mol. The van der Waals surface area contributed by atoms with Gasteiger partial charge in [-0.15, -0.1) is 0 Å². The van der Waals surface area contributed by atoms with Crippen molar-refractivity contribution in [2.75, 3.05) is 19.8 Å². The summed E-state index contributed by atoms with van der Waals surface area (Å²) in [5.74, 6) is -2.90. The highest BCUT2D eigenvalue weighted by atomic mass is 79.9. The van der Waals surface area contributed by atoms with Crippen molar-refractivity contribution < 1.29 is 27.7 Å². The summed E-state index contributed by atoms with van der Waals surface area (Å²) in [4.78, 5) is 24.1. The molecule has 0 radical (unpaired) electrons. The van der Waals surface area contributed by atoms with Crippen LogP contribution >= 0.6 is 23.5 Å². The number of carbonyl (C=O) groups is 1. The highest BCUT2D eigenvalue weighted by molar-refractivity contribution is 9.10. The van der Waals surface area contributed by atoms with Crippen LogP contribution in [0.2, 0.25) is 0 Å². The van der Waals surface area contributed by atoms with Gasteiger partial charge in [0, 0.05) is 15.0 Å². The second kappa shape index (κ2) is 10.4. The van der Waals surface area contributed by atoms with Crippen LogP contribution in [-0.2, 0) is 13.6 Å². The molecule has 0 aliphatic rings. The van der Waals surface area contributed by atoms with Crippen molar-refractivity contribution in [3.05, 3.63) is 80.3 Å². The van der Waals surface area contributed by atoms with Crippen LogP contribution in [0, 0.1) is 10.1 Å². The average Bonchev–Trinajstić information content (AvgIpc) is 2.72. The molecule has 0 heterocycles. The molecule has 2 aromatic carbocycles. The minimum Gasteiger partial charge on any atom is -0.306 e. The molecule has 7 nitrogen and oxygen atoms in total. The van der Waals surface area contributed by atoms with E-state index in [0.29, 0.717) is 4.47 Å². The first-order chi connectivity index (χ1) is 14.2. The minimum atomic E-state index is -4.78. The van der Waals surface area contributed by atoms with Crippen molar-refractivity contribution in [2.24, 2.45) is 0 Å². The van der Waals surface area contributed by atoms with Crippen molar-refractivity contribution >= 4 is 29.3 Å². The lowest BCUT2D eigenvalue weighted by Crippen LogP contribution is -2.44. The largest absolute Gasteiger partial charge is 0.376 e. The van der Waals surface area contributed by atoms with Crippen LogP contribution in [0.15, 0.2) is 59.1 Å². The maximum atomic E-state index is 16.9. The first-order valence-electron chi connectivity index (χ1n) is 9.24. The van der Waals surface area contributed by atoms with Gasteiger partial charge >= 0.3 is 7.60 Å². The lowest BCUT2D eigenvalue weighted by Gasteiger charge is -2.35. The van der Waals surface area contributed by atoms with Gasteiger partial charge in [-0.05, 0) is 31.5 Å². The fourth-order valence-corrected chi connectivity index (χ4v) is 5.51. The van der Waals surface area contributed by atoms with Crippen molar-refractivity contribution in [2.45, 2.75) is 25.2 Å². The summed E-state index contributed by atoms with van der Waals surface area (Å²) in [6, 6.07) is 13.4. The molecular formula is C20H22BrFNO6P. The summed E-state index contributed by atoms with van der Waals surface area (Å²) in [7, 11) is -4.78. The molecule has 0 aliphatic carbocycles. The molecule has 0 amide bonds. The van der Waals surface area contributed by atoms with Crippen molar-refractivity contribution in [3.63, 3.8) is 0 Å². The van der Waals surface area contributed by atoms with E-state index in [1.54, 1.807) is 18.2 Å². The van der Waals surface area contributed by atoms with Crippen LogP contribution in [0.4, 0.5) is 4.39 Å². The standard InChI is InChI=1S/C20H22BrFNO6P/c1-3-28-30(27,29-4-2)20(22,19(24)16-10-12-17(21)13-11-16)18(14-23(25)26)15-8-6-5-7-9-15/h5-13,18H,3-4,14H2,1-2H3/t18-,20-/m1/s1. The summed E-state index contributed by atoms with van der Waals surface area (Å²) >= 11 is 3.23. The van der Waals surface area contributed by atoms with Gasteiger partial charge < -0.3 is 9.05 Å². The summed E-state index contributed by atoms with van der Waals surface area (Å²) < 4.78 is 41.6. The molecule has 162 valence electrons. The monoisotopic (exact) mass is 501 g/mol. The van der Waals surface area contributed by atoms with E-state index < -0.39 is 36.2 Å². The van der Waals surface area contributed by atoms with Gasteiger partial charge in [0.1, 0.15) is 5.92 Å². The molecule has 0 aromatic heterocycles. The van der Waals surface area contributed by atoms with Gasteiger partial charge in [0.25, 0.3) is 5.41 Å². The number of halogens is 2. The highest BCUT2D eigenvalue weighted by Crippen LogP contribution is 2.66. The van der Waals surface area contributed by atoms with Crippen molar-refractivity contribution in [3.8, 4) is 0 Å². The Hall–Kier alpha value is -1.93. The molecule has 2 rings (SSSR count). The number of benzene rings is 2. The molecule has 0 saturated carbocycles. The first-order valence-corrected chi connectivity index (χ1v) is 11.6. The Balaban J connectivity index is 2.78. The zero-order valence-electron chi connectivity index (χ0n) is 16.5. The quantitative estimate of drug-likeness (QED) is 0.171. The van der Waals surface area contributed by atoms with Crippen LogP contribution in [0.25, 0.3) is 0 Å². The third kappa shape index (κ3) is 5.03. The van der Waals surface area contributed by atoms with Gasteiger partial charge in [-0.2, -0.15) is 0 Å². The summed E-state index contributed by atoms with van der Waals surface area (Å²) in [5, 5.41) is 8.11. The molecular weight excluding hydrogens is 480 g/mol. The van der Waals surface area contributed by atoms with E-state index >= 15 is 4.39 Å². The Kier molecular flexibility index (Phi) is 8.43. The number of Topliss-reactive ketones (excluding diaryl/α,β-unsaturated/α-hetero) is 1. The Labute approximate surface area is 182 Å². The van der Waals surface area contributed by atoms with Crippen molar-refractivity contribution in [1.82, 2.24) is 0 Å². The van der Waals surface area contributed by atoms with Crippen LogP contribution in [0.5, 0.6) is 0 Å². The Morgan fingerprint density at radius 2 is 1.67 bits per heavy atom. The topological polar surface area (TPSA) is 95.7 Å². The Bertz CT molecular complexity index is 917. The van der Waals surface area contributed by atoms with E-state index in [1.807, 2.05) is 0 Å². The van der Waals surface area contributed by atoms with Gasteiger partial charge in [-0.25, -0.2) is 4.39 Å². The summed E-state index contributed by atoms with van der Waals surface area (Å²) in [6.07, 6.45) is 0. The summed E-state index contributed by atoms with van der Waals surface area (Å²) in [5.41, 5.74) is 0.0337. The van der Waals surface area contributed by atoms with E-state index in [2.05, 4.69) is 15.9 Å². The van der Waals surface area contributed by atoms with E-state index in [0.717, 1.165) is 0 Å². The molecule has 0 saturated heterocycles. The minimum absolute atomic E-state index is 0.107. The second-order valence-corrected chi connectivity index (χ2v) is 9.40. The third-order valence-corrected chi connectivity index (χ3v) is 7.45. The molecule has 2 atom stereocenters. The van der Waals surface area contributed by atoms with E-state index in [9.17, 15) is 19.5 Å². The number of hydrogen-bond acceptors (Lipinski definition) is 6. The molecule has 0 unspecified atom stereocenters. The predicted molar refractivity (Wildman–Crippen MR) is 114 cm³/mol. The maximum absolute atomic E-state index is 16.9. The van der Waals surface area contributed by atoms with Gasteiger partial charge in [0.15, 0.2) is 0 Å². The molecule has 0 spiro atoms. The Morgan fingerprint density at radius 3 is 2.13 bits per heavy atom. The third-order valence-electron chi connectivity index (χ3n) is 4.42. The number of nitro groups is 1. The lowest BCUT2D eigenvalue weighted by molar-refractivity contribution is -0.485.